The molecule has 6 nitrogen and oxygen atoms in total. The molecule has 1 heterocycles. The van der Waals surface area contributed by atoms with Crippen LogP contribution in [0.1, 0.15) is 10.4 Å². The SMILES string of the molecule is COc1cc(NC(=O)c2cccc3[nH]cnc23)c(OC)cc1Cl. The number of imidazole rings is 1. The number of nitrogens with one attached hydrogen (secondary N) is 2. The first kappa shape index (κ1) is 15.2. The maximum atomic E-state index is 12.6. The molecule has 0 unspecified atom stereocenters. The number of hydrogen-bond acceptors (Lipinski definition) is 4. The lowest BCUT2D eigenvalue weighted by Crippen LogP contribution is -2.13. The molecular formula is C16H14ClN3O3. The third-order valence-electron chi connectivity index (χ3n) is 3.42. The molecule has 1 amide bonds. The van der Waals surface area contributed by atoms with Gasteiger partial charge in [0.25, 0.3) is 5.91 Å². The Hall–Kier alpha value is -2.73. The number of nitrogens with zero attached hydrogens (tertiary/aromatic N) is 1. The Balaban J connectivity index is 1.98. The zero-order valence-corrected chi connectivity index (χ0v) is 13.3. The highest BCUT2D eigenvalue weighted by molar-refractivity contribution is 6.32. The van der Waals surface area contributed by atoms with Gasteiger partial charge in [0.1, 0.15) is 17.0 Å². The smallest absolute Gasteiger partial charge is 0.258 e. The van der Waals surface area contributed by atoms with E-state index in [4.69, 9.17) is 21.1 Å². The maximum Gasteiger partial charge on any atom is 0.258 e. The predicted molar refractivity (Wildman–Crippen MR) is 88.6 cm³/mol. The summed E-state index contributed by atoms with van der Waals surface area (Å²) in [5.41, 5.74) is 2.31. The number of fused-ring (bicyclic) bond motifs is 1. The van der Waals surface area contributed by atoms with E-state index in [1.54, 1.807) is 30.6 Å². The Bertz CT molecular complexity index is 876. The molecule has 0 bridgehead atoms. The highest BCUT2D eigenvalue weighted by Gasteiger charge is 2.16. The van der Waals surface area contributed by atoms with Crippen molar-refractivity contribution in [1.82, 2.24) is 9.97 Å². The summed E-state index contributed by atoms with van der Waals surface area (Å²) in [5, 5.41) is 3.20. The molecule has 2 N–H and O–H groups in total. The number of hydrogen-bond donors (Lipinski definition) is 2. The number of aromatic nitrogens is 2. The first-order valence-corrected chi connectivity index (χ1v) is 7.17. The molecular weight excluding hydrogens is 318 g/mol. The molecule has 1 aromatic heterocycles. The van der Waals surface area contributed by atoms with Gasteiger partial charge in [-0.15, -0.1) is 0 Å². The highest BCUT2D eigenvalue weighted by atomic mass is 35.5. The Morgan fingerprint density at radius 1 is 1.22 bits per heavy atom. The molecule has 0 aliphatic carbocycles. The van der Waals surface area contributed by atoms with E-state index in [2.05, 4.69) is 15.3 Å². The van der Waals surface area contributed by atoms with Crippen LogP contribution in [-0.2, 0) is 0 Å². The van der Waals surface area contributed by atoms with Gasteiger partial charge in [-0.25, -0.2) is 4.98 Å². The standard InChI is InChI=1S/C16H14ClN3O3/c1-22-13-7-12(14(23-2)6-10(13)17)20-16(21)9-4-3-5-11-15(9)19-8-18-11/h3-8H,1-2H3,(H,18,19)(H,20,21). The number of halogens is 1. The second kappa shape index (κ2) is 6.18. The Morgan fingerprint density at radius 3 is 2.74 bits per heavy atom. The average Bonchev–Trinajstić information content (AvgIpc) is 3.04. The van der Waals surface area contributed by atoms with Crippen molar-refractivity contribution in [2.45, 2.75) is 0 Å². The first-order chi connectivity index (χ1) is 11.1. The second-order valence-electron chi connectivity index (χ2n) is 4.75. The van der Waals surface area contributed by atoms with Crippen LogP contribution in [0, 0.1) is 0 Å². The van der Waals surface area contributed by atoms with Crippen LogP contribution in [0.2, 0.25) is 5.02 Å². The van der Waals surface area contributed by atoms with E-state index in [1.807, 2.05) is 6.07 Å². The molecule has 3 aromatic rings. The van der Waals surface area contributed by atoms with Crippen LogP contribution in [0.3, 0.4) is 0 Å². The van der Waals surface area contributed by atoms with E-state index in [1.165, 1.54) is 14.2 Å². The van der Waals surface area contributed by atoms with Gasteiger partial charge in [0.2, 0.25) is 0 Å². The molecule has 118 valence electrons. The normalized spacial score (nSPS) is 10.6. The molecule has 23 heavy (non-hydrogen) atoms. The van der Waals surface area contributed by atoms with Crippen molar-refractivity contribution in [3.8, 4) is 11.5 Å². The monoisotopic (exact) mass is 331 g/mol. The average molecular weight is 332 g/mol. The van der Waals surface area contributed by atoms with Crippen molar-refractivity contribution in [3.05, 3.63) is 47.2 Å². The number of H-pyrrole nitrogens is 1. The number of methoxy groups -OCH3 is 2. The van der Waals surface area contributed by atoms with E-state index >= 15 is 0 Å². The van der Waals surface area contributed by atoms with Crippen LogP contribution in [-0.4, -0.2) is 30.1 Å². The van der Waals surface area contributed by atoms with Gasteiger partial charge in [-0.05, 0) is 12.1 Å². The van der Waals surface area contributed by atoms with Crippen LogP contribution >= 0.6 is 11.6 Å². The minimum atomic E-state index is -0.301. The molecule has 0 aliphatic rings. The molecule has 2 aromatic carbocycles. The lowest BCUT2D eigenvalue weighted by molar-refractivity contribution is 0.102. The molecule has 7 heteroatoms. The van der Waals surface area contributed by atoms with Gasteiger partial charge in [-0.2, -0.15) is 0 Å². The minimum absolute atomic E-state index is 0.301. The van der Waals surface area contributed by atoms with Crippen molar-refractivity contribution in [2.24, 2.45) is 0 Å². The van der Waals surface area contributed by atoms with Crippen molar-refractivity contribution in [3.63, 3.8) is 0 Å². The summed E-state index contributed by atoms with van der Waals surface area (Å²) in [5.74, 6) is 0.587. The molecule has 0 fully saturated rings. The summed E-state index contributed by atoms with van der Waals surface area (Å²) in [4.78, 5) is 19.7. The van der Waals surface area contributed by atoms with Gasteiger partial charge in [-0.1, -0.05) is 17.7 Å². The van der Waals surface area contributed by atoms with Gasteiger partial charge in [0.15, 0.2) is 0 Å². The summed E-state index contributed by atoms with van der Waals surface area (Å²) >= 11 is 6.07. The predicted octanol–water partition coefficient (Wildman–Crippen LogP) is 3.49. The Morgan fingerprint density at radius 2 is 2.00 bits per heavy atom. The van der Waals surface area contributed by atoms with Gasteiger partial charge in [0, 0.05) is 12.1 Å². The number of amides is 1. The highest BCUT2D eigenvalue weighted by Crippen LogP contribution is 2.36. The minimum Gasteiger partial charge on any atom is -0.495 e. The van der Waals surface area contributed by atoms with Gasteiger partial charge >= 0.3 is 0 Å². The van der Waals surface area contributed by atoms with E-state index < -0.39 is 0 Å². The number of carbonyl (C=O) groups excluding carboxylic acids is 1. The van der Waals surface area contributed by atoms with Crippen molar-refractivity contribution < 1.29 is 14.3 Å². The molecule has 3 rings (SSSR count). The molecule has 0 saturated heterocycles. The molecule has 0 saturated carbocycles. The number of benzene rings is 2. The van der Waals surface area contributed by atoms with Gasteiger partial charge in [-0.3, -0.25) is 4.79 Å². The van der Waals surface area contributed by atoms with E-state index in [9.17, 15) is 4.79 Å². The zero-order valence-electron chi connectivity index (χ0n) is 12.5. The Kier molecular flexibility index (Phi) is 4.08. The zero-order chi connectivity index (χ0) is 16.4. The number of para-hydroxylation sites is 1. The van der Waals surface area contributed by atoms with Crippen LogP contribution < -0.4 is 14.8 Å². The lowest BCUT2D eigenvalue weighted by atomic mass is 10.1. The number of carbonyl (C=O) groups is 1. The summed E-state index contributed by atoms with van der Waals surface area (Å²) in [6.45, 7) is 0. The van der Waals surface area contributed by atoms with Crippen LogP contribution in [0.25, 0.3) is 11.0 Å². The van der Waals surface area contributed by atoms with Gasteiger partial charge in [0.05, 0.1) is 42.3 Å². The largest absolute Gasteiger partial charge is 0.495 e. The lowest BCUT2D eigenvalue weighted by Gasteiger charge is -2.13. The number of rotatable bonds is 4. The van der Waals surface area contributed by atoms with Crippen molar-refractivity contribution >= 4 is 34.2 Å². The third-order valence-corrected chi connectivity index (χ3v) is 3.71. The molecule has 0 spiro atoms. The van der Waals surface area contributed by atoms with Crippen molar-refractivity contribution in [2.75, 3.05) is 19.5 Å². The molecule has 0 atom stereocenters. The fourth-order valence-electron chi connectivity index (χ4n) is 2.30. The Labute approximate surface area is 137 Å². The van der Waals surface area contributed by atoms with Crippen LogP contribution in [0.4, 0.5) is 5.69 Å². The third kappa shape index (κ3) is 2.80. The quantitative estimate of drug-likeness (QED) is 0.767. The van der Waals surface area contributed by atoms with Crippen LogP contribution in [0.15, 0.2) is 36.7 Å². The number of anilines is 1. The fourth-order valence-corrected chi connectivity index (χ4v) is 2.53. The van der Waals surface area contributed by atoms with Crippen molar-refractivity contribution in [1.29, 1.82) is 0 Å². The summed E-state index contributed by atoms with van der Waals surface area (Å²) in [6.07, 6.45) is 1.55. The maximum absolute atomic E-state index is 12.6. The molecule has 0 radical (unpaired) electrons. The topological polar surface area (TPSA) is 76.2 Å². The van der Waals surface area contributed by atoms with E-state index in [0.29, 0.717) is 33.3 Å². The second-order valence-corrected chi connectivity index (χ2v) is 5.15. The number of aromatic amines is 1. The summed E-state index contributed by atoms with van der Waals surface area (Å²) in [7, 11) is 3.01. The summed E-state index contributed by atoms with van der Waals surface area (Å²) in [6, 6.07) is 8.55. The summed E-state index contributed by atoms with van der Waals surface area (Å²) < 4.78 is 10.4. The van der Waals surface area contributed by atoms with Gasteiger partial charge < -0.3 is 19.8 Å². The number of ether oxygens (including phenoxy) is 2. The van der Waals surface area contributed by atoms with E-state index in [-0.39, 0.29) is 5.91 Å². The fraction of sp³-hybridized carbons (Fsp3) is 0.125. The van der Waals surface area contributed by atoms with Crippen LogP contribution in [0.5, 0.6) is 11.5 Å². The first-order valence-electron chi connectivity index (χ1n) is 6.79. The molecule has 0 aliphatic heterocycles. The van der Waals surface area contributed by atoms with E-state index in [0.717, 1.165) is 5.52 Å².